The molecule has 0 aliphatic rings. The highest BCUT2D eigenvalue weighted by molar-refractivity contribution is 5.36. The molecule has 0 saturated heterocycles. The van der Waals surface area contributed by atoms with Gasteiger partial charge in [0, 0.05) is 6.20 Å². The predicted molar refractivity (Wildman–Crippen MR) is 58.1 cm³/mol. The fourth-order valence-corrected chi connectivity index (χ4v) is 1.57. The average Bonchev–Trinajstić information content (AvgIpc) is 2.75. The summed E-state index contributed by atoms with van der Waals surface area (Å²) >= 11 is 0. The number of imidazole rings is 1. The van der Waals surface area contributed by atoms with Crippen LogP contribution in [0, 0.1) is 0 Å². The van der Waals surface area contributed by atoms with E-state index in [9.17, 15) is 5.11 Å². The van der Waals surface area contributed by atoms with Crippen LogP contribution in [-0.2, 0) is 6.54 Å². The van der Waals surface area contributed by atoms with Crippen LogP contribution in [0.15, 0.2) is 37.1 Å². The highest BCUT2D eigenvalue weighted by atomic mass is 16.3. The zero-order valence-electron chi connectivity index (χ0n) is 9.34. The third-order valence-corrected chi connectivity index (χ3v) is 2.46. The van der Waals surface area contributed by atoms with Crippen LogP contribution in [0.4, 0.5) is 0 Å². The molecular weight excluding hydrogens is 202 g/mol. The summed E-state index contributed by atoms with van der Waals surface area (Å²) in [4.78, 5) is 4.08. The van der Waals surface area contributed by atoms with Crippen molar-refractivity contribution in [2.24, 2.45) is 0 Å². The van der Waals surface area contributed by atoms with Crippen LogP contribution in [0.5, 0.6) is 5.75 Å². The van der Waals surface area contributed by atoms with Gasteiger partial charge < -0.3 is 5.11 Å². The van der Waals surface area contributed by atoms with Crippen LogP contribution in [0.25, 0.3) is 5.82 Å². The summed E-state index contributed by atoms with van der Waals surface area (Å²) in [5.41, 5.74) is 0. The highest BCUT2D eigenvalue weighted by Crippen LogP contribution is 2.13. The second kappa shape index (κ2) is 4.79. The van der Waals surface area contributed by atoms with Crippen LogP contribution in [0.1, 0.15) is 19.8 Å². The monoisotopic (exact) mass is 217 g/mol. The predicted octanol–water partition coefficient (Wildman–Crippen LogP) is 1.03. The van der Waals surface area contributed by atoms with E-state index in [1.165, 1.54) is 6.07 Å². The van der Waals surface area contributed by atoms with Gasteiger partial charge >= 0.3 is 0 Å². The summed E-state index contributed by atoms with van der Waals surface area (Å²) < 4.78 is 3.83. The van der Waals surface area contributed by atoms with E-state index in [0.29, 0.717) is 5.82 Å². The Morgan fingerprint density at radius 3 is 3.12 bits per heavy atom. The van der Waals surface area contributed by atoms with Gasteiger partial charge in [-0.25, -0.2) is 9.55 Å². The number of aryl methyl sites for hydroxylation is 1. The SMILES string of the molecule is CCCC[n+]1ccn(-c2ncccc2[O-])c1. The van der Waals surface area contributed by atoms with Crippen molar-refractivity contribution in [1.29, 1.82) is 0 Å². The molecule has 0 amide bonds. The molecule has 4 heteroatoms. The van der Waals surface area contributed by atoms with Gasteiger partial charge in [-0.2, -0.15) is 4.57 Å². The van der Waals surface area contributed by atoms with Crippen LogP contribution in [-0.4, -0.2) is 9.55 Å². The molecule has 0 aromatic carbocycles. The summed E-state index contributed by atoms with van der Waals surface area (Å²) in [6, 6.07) is 3.18. The van der Waals surface area contributed by atoms with Gasteiger partial charge in [0.1, 0.15) is 12.4 Å². The third-order valence-electron chi connectivity index (χ3n) is 2.46. The van der Waals surface area contributed by atoms with E-state index in [0.717, 1.165) is 19.4 Å². The van der Waals surface area contributed by atoms with E-state index in [-0.39, 0.29) is 5.75 Å². The van der Waals surface area contributed by atoms with E-state index < -0.39 is 0 Å². The van der Waals surface area contributed by atoms with Crippen molar-refractivity contribution in [1.82, 2.24) is 9.55 Å². The molecule has 2 aromatic heterocycles. The summed E-state index contributed by atoms with van der Waals surface area (Å²) in [6.07, 6.45) is 9.66. The minimum absolute atomic E-state index is 0.0549. The van der Waals surface area contributed by atoms with Crippen molar-refractivity contribution in [2.75, 3.05) is 0 Å². The molecule has 0 spiro atoms. The van der Waals surface area contributed by atoms with Gasteiger partial charge in [0.05, 0.1) is 6.54 Å². The quantitative estimate of drug-likeness (QED) is 0.718. The molecule has 0 N–H and O–H groups in total. The number of hydrogen-bond acceptors (Lipinski definition) is 2. The fourth-order valence-electron chi connectivity index (χ4n) is 1.57. The van der Waals surface area contributed by atoms with E-state index in [1.807, 2.05) is 18.7 Å². The van der Waals surface area contributed by atoms with Gasteiger partial charge in [-0.15, -0.1) is 0 Å². The van der Waals surface area contributed by atoms with Crippen LogP contribution in [0.2, 0.25) is 0 Å². The lowest BCUT2D eigenvalue weighted by molar-refractivity contribution is -0.696. The van der Waals surface area contributed by atoms with E-state index in [4.69, 9.17) is 0 Å². The Labute approximate surface area is 94.8 Å². The lowest BCUT2D eigenvalue weighted by atomic mass is 10.3. The van der Waals surface area contributed by atoms with E-state index in [1.54, 1.807) is 16.8 Å². The maximum atomic E-state index is 11.6. The van der Waals surface area contributed by atoms with Gasteiger partial charge in [-0.3, -0.25) is 0 Å². The van der Waals surface area contributed by atoms with Crippen LogP contribution in [0.3, 0.4) is 0 Å². The minimum Gasteiger partial charge on any atom is -0.868 e. The Bertz CT molecular complexity index is 465. The Hall–Kier alpha value is -1.84. The molecule has 4 nitrogen and oxygen atoms in total. The molecule has 0 unspecified atom stereocenters. The van der Waals surface area contributed by atoms with Gasteiger partial charge in [0.25, 0.3) is 0 Å². The van der Waals surface area contributed by atoms with Crippen molar-refractivity contribution in [3.63, 3.8) is 0 Å². The first-order valence-electron chi connectivity index (χ1n) is 5.50. The maximum Gasteiger partial charge on any atom is 0.250 e. The number of aromatic nitrogens is 3. The second-order valence-corrected chi connectivity index (χ2v) is 3.74. The summed E-state index contributed by atoms with van der Waals surface area (Å²) in [6.45, 7) is 3.14. The second-order valence-electron chi connectivity index (χ2n) is 3.74. The summed E-state index contributed by atoms with van der Waals surface area (Å²) in [5.74, 6) is 0.401. The maximum absolute atomic E-state index is 11.6. The smallest absolute Gasteiger partial charge is 0.250 e. The normalized spacial score (nSPS) is 10.6. The molecule has 2 heterocycles. The Morgan fingerprint density at radius 2 is 2.38 bits per heavy atom. The molecular formula is C12H15N3O. The van der Waals surface area contributed by atoms with E-state index in [2.05, 4.69) is 16.5 Å². The van der Waals surface area contributed by atoms with Gasteiger partial charge in [-0.05, 0) is 18.2 Å². The molecule has 2 rings (SSSR count). The van der Waals surface area contributed by atoms with Gasteiger partial charge in [0.15, 0.2) is 0 Å². The number of nitrogens with zero attached hydrogens (tertiary/aromatic N) is 3. The number of pyridine rings is 1. The van der Waals surface area contributed by atoms with E-state index >= 15 is 0 Å². The Balaban J connectivity index is 2.22. The highest BCUT2D eigenvalue weighted by Gasteiger charge is 2.07. The summed E-state index contributed by atoms with van der Waals surface area (Å²) in [7, 11) is 0. The minimum atomic E-state index is -0.0549. The molecule has 0 fully saturated rings. The average molecular weight is 217 g/mol. The molecule has 0 aliphatic heterocycles. The summed E-state index contributed by atoms with van der Waals surface area (Å²) in [5, 5.41) is 11.6. The van der Waals surface area contributed by atoms with Gasteiger partial charge in [0.2, 0.25) is 12.1 Å². The molecule has 2 aromatic rings. The first-order valence-corrected chi connectivity index (χ1v) is 5.50. The molecule has 0 aliphatic carbocycles. The van der Waals surface area contributed by atoms with Crippen LogP contribution >= 0.6 is 0 Å². The van der Waals surface area contributed by atoms with Crippen molar-refractivity contribution < 1.29 is 9.67 Å². The topological polar surface area (TPSA) is 44.8 Å². The van der Waals surface area contributed by atoms with Crippen LogP contribution < -0.4 is 9.67 Å². The van der Waals surface area contributed by atoms with Crippen molar-refractivity contribution in [3.05, 3.63) is 37.1 Å². The Kier molecular flexibility index (Phi) is 3.19. The molecule has 0 saturated carbocycles. The zero-order chi connectivity index (χ0) is 11.4. The molecule has 0 atom stereocenters. The molecule has 0 bridgehead atoms. The molecule has 84 valence electrons. The molecule has 16 heavy (non-hydrogen) atoms. The molecule has 0 radical (unpaired) electrons. The first-order chi connectivity index (χ1) is 7.81. The van der Waals surface area contributed by atoms with Crippen molar-refractivity contribution in [2.45, 2.75) is 26.3 Å². The fraction of sp³-hybridized carbons (Fsp3) is 0.333. The van der Waals surface area contributed by atoms with Crippen molar-refractivity contribution in [3.8, 4) is 11.6 Å². The standard InChI is InChI=1S/C12H15N3O/c1-2-3-7-14-8-9-15(10-14)12-11(16)5-4-6-13-12/h4-6,8-10H,2-3,7H2,1H3. The zero-order valence-corrected chi connectivity index (χ0v) is 9.34. The first kappa shape index (κ1) is 10.7. The third kappa shape index (κ3) is 2.21. The number of rotatable bonds is 4. The number of unbranched alkanes of at least 4 members (excludes halogenated alkanes) is 1. The lowest BCUT2D eigenvalue weighted by Gasteiger charge is -2.06. The number of hydrogen-bond donors (Lipinski definition) is 0. The largest absolute Gasteiger partial charge is 0.868 e. The Morgan fingerprint density at radius 1 is 1.50 bits per heavy atom. The van der Waals surface area contributed by atoms with Crippen molar-refractivity contribution >= 4 is 0 Å². The van der Waals surface area contributed by atoms with Gasteiger partial charge in [-0.1, -0.05) is 19.4 Å². The lowest BCUT2D eigenvalue weighted by Crippen LogP contribution is -2.30.